The number of aromatic nitrogens is 2. The van der Waals surface area contributed by atoms with Crippen molar-refractivity contribution in [2.75, 3.05) is 13.1 Å². The summed E-state index contributed by atoms with van der Waals surface area (Å²) in [6.45, 7) is 9.38. The number of hydrogen-bond donors (Lipinski definition) is 0. The minimum absolute atomic E-state index is 0.121. The maximum Gasteiger partial charge on any atom is 0.327 e. The number of imide groups is 1. The molecule has 2 rings (SSSR count). The first-order valence-corrected chi connectivity index (χ1v) is 6.73. The van der Waals surface area contributed by atoms with Crippen molar-refractivity contribution >= 4 is 11.9 Å². The molecule has 0 radical (unpaired) electrons. The van der Waals surface area contributed by atoms with E-state index in [1.54, 1.807) is 12.3 Å². The van der Waals surface area contributed by atoms with Crippen LogP contribution in [0.25, 0.3) is 0 Å². The smallest absolute Gasteiger partial charge is 0.327 e. The van der Waals surface area contributed by atoms with E-state index >= 15 is 0 Å². The SMILES string of the molecule is C=CCN1CC(=O)N(Cc2nccn2CC(C)C)C1=O. The number of carbonyl (C=O) groups is 2. The Bertz CT molecular complexity index is 521. The van der Waals surface area contributed by atoms with Gasteiger partial charge in [0.15, 0.2) is 0 Å². The van der Waals surface area contributed by atoms with Crippen molar-refractivity contribution in [2.45, 2.75) is 26.9 Å². The van der Waals surface area contributed by atoms with Crippen LogP contribution in [0.4, 0.5) is 4.79 Å². The van der Waals surface area contributed by atoms with E-state index in [4.69, 9.17) is 0 Å². The van der Waals surface area contributed by atoms with E-state index in [2.05, 4.69) is 25.4 Å². The van der Waals surface area contributed by atoms with E-state index in [9.17, 15) is 9.59 Å². The third-order valence-electron chi connectivity index (χ3n) is 3.14. The zero-order valence-electron chi connectivity index (χ0n) is 12.0. The van der Waals surface area contributed by atoms with E-state index < -0.39 is 0 Å². The standard InChI is InChI=1S/C14H20N4O2/c1-4-6-17-10-13(19)18(14(17)20)9-12-15-5-7-16(12)8-11(2)3/h4-5,7,11H,1,6,8-10H2,2-3H3. The Morgan fingerprint density at radius 1 is 1.45 bits per heavy atom. The first-order valence-electron chi connectivity index (χ1n) is 6.73. The second-order valence-corrected chi connectivity index (χ2v) is 5.32. The molecule has 0 saturated carbocycles. The van der Waals surface area contributed by atoms with Crippen molar-refractivity contribution in [1.29, 1.82) is 0 Å². The maximum atomic E-state index is 12.1. The molecule has 1 fully saturated rings. The topological polar surface area (TPSA) is 58.4 Å². The van der Waals surface area contributed by atoms with E-state index in [1.165, 1.54) is 9.80 Å². The Kier molecular flexibility index (Phi) is 4.22. The van der Waals surface area contributed by atoms with Crippen LogP contribution in [0.5, 0.6) is 0 Å². The molecule has 1 aliphatic rings. The molecule has 20 heavy (non-hydrogen) atoms. The lowest BCUT2D eigenvalue weighted by Gasteiger charge is -2.17. The number of carbonyl (C=O) groups excluding carboxylic acids is 2. The Labute approximate surface area is 118 Å². The highest BCUT2D eigenvalue weighted by Crippen LogP contribution is 2.14. The van der Waals surface area contributed by atoms with Crippen LogP contribution in [0.1, 0.15) is 19.7 Å². The molecule has 1 saturated heterocycles. The van der Waals surface area contributed by atoms with Gasteiger partial charge in [-0.3, -0.25) is 9.69 Å². The quantitative estimate of drug-likeness (QED) is 0.584. The number of amides is 3. The minimum atomic E-state index is -0.269. The second-order valence-electron chi connectivity index (χ2n) is 5.32. The molecule has 0 bridgehead atoms. The fourth-order valence-electron chi connectivity index (χ4n) is 2.24. The number of urea groups is 1. The highest BCUT2D eigenvalue weighted by Gasteiger charge is 2.35. The summed E-state index contributed by atoms with van der Waals surface area (Å²) in [6, 6.07) is -0.269. The number of rotatable bonds is 6. The zero-order chi connectivity index (χ0) is 14.7. The Balaban J connectivity index is 2.10. The van der Waals surface area contributed by atoms with E-state index in [1.807, 2.05) is 10.8 Å². The molecule has 6 heteroatoms. The van der Waals surface area contributed by atoms with Crippen molar-refractivity contribution in [3.63, 3.8) is 0 Å². The van der Waals surface area contributed by atoms with Gasteiger partial charge in [0, 0.05) is 25.5 Å². The number of imidazole rings is 1. The molecule has 1 aliphatic heterocycles. The maximum absolute atomic E-state index is 12.1. The largest absolute Gasteiger partial charge is 0.333 e. The molecule has 0 spiro atoms. The Hall–Kier alpha value is -2.11. The van der Waals surface area contributed by atoms with Crippen LogP contribution in [0.2, 0.25) is 0 Å². The van der Waals surface area contributed by atoms with Crippen LogP contribution in [-0.2, 0) is 17.9 Å². The monoisotopic (exact) mass is 276 g/mol. The van der Waals surface area contributed by atoms with Gasteiger partial charge >= 0.3 is 6.03 Å². The normalized spacial score (nSPS) is 15.6. The Morgan fingerprint density at radius 2 is 2.20 bits per heavy atom. The summed E-state index contributed by atoms with van der Waals surface area (Å²) < 4.78 is 1.99. The highest BCUT2D eigenvalue weighted by atomic mass is 16.2. The average molecular weight is 276 g/mol. The summed E-state index contributed by atoms with van der Waals surface area (Å²) in [5.41, 5.74) is 0. The minimum Gasteiger partial charge on any atom is -0.333 e. The summed E-state index contributed by atoms with van der Waals surface area (Å²) in [5.74, 6) is 1.03. The molecule has 0 unspecified atom stereocenters. The van der Waals surface area contributed by atoms with E-state index in [0.717, 1.165) is 12.4 Å². The van der Waals surface area contributed by atoms with Gasteiger partial charge in [0.2, 0.25) is 0 Å². The number of nitrogens with zero attached hydrogens (tertiary/aromatic N) is 4. The van der Waals surface area contributed by atoms with Gasteiger partial charge in [-0.05, 0) is 5.92 Å². The van der Waals surface area contributed by atoms with Gasteiger partial charge in [-0.2, -0.15) is 0 Å². The summed E-state index contributed by atoms with van der Waals surface area (Å²) in [5, 5.41) is 0. The van der Waals surface area contributed by atoms with Crippen molar-refractivity contribution in [2.24, 2.45) is 5.92 Å². The third kappa shape index (κ3) is 2.89. The van der Waals surface area contributed by atoms with Crippen molar-refractivity contribution in [1.82, 2.24) is 19.4 Å². The summed E-state index contributed by atoms with van der Waals surface area (Å²) >= 11 is 0. The zero-order valence-corrected chi connectivity index (χ0v) is 12.0. The van der Waals surface area contributed by atoms with Gasteiger partial charge in [0.25, 0.3) is 5.91 Å². The summed E-state index contributed by atoms with van der Waals surface area (Å²) in [6.07, 6.45) is 5.19. The fourth-order valence-corrected chi connectivity index (χ4v) is 2.24. The van der Waals surface area contributed by atoms with Crippen LogP contribution < -0.4 is 0 Å². The first-order chi connectivity index (χ1) is 9.52. The van der Waals surface area contributed by atoms with Crippen molar-refractivity contribution in [3.8, 4) is 0 Å². The predicted molar refractivity (Wildman–Crippen MR) is 74.8 cm³/mol. The fraction of sp³-hybridized carbons (Fsp3) is 0.500. The molecule has 0 N–H and O–H groups in total. The van der Waals surface area contributed by atoms with Crippen molar-refractivity contribution in [3.05, 3.63) is 30.9 Å². The molecule has 0 aliphatic carbocycles. The van der Waals surface area contributed by atoms with Gasteiger partial charge in [0.05, 0.1) is 6.54 Å². The molecule has 3 amide bonds. The summed E-state index contributed by atoms with van der Waals surface area (Å²) in [7, 11) is 0. The molecule has 1 aromatic heterocycles. The van der Waals surface area contributed by atoms with Gasteiger partial charge < -0.3 is 9.47 Å². The van der Waals surface area contributed by atoms with Crippen LogP contribution in [-0.4, -0.2) is 44.4 Å². The van der Waals surface area contributed by atoms with Crippen LogP contribution >= 0.6 is 0 Å². The van der Waals surface area contributed by atoms with Crippen LogP contribution in [0.15, 0.2) is 25.0 Å². The number of hydrogen-bond acceptors (Lipinski definition) is 3. The Morgan fingerprint density at radius 3 is 2.85 bits per heavy atom. The highest BCUT2D eigenvalue weighted by molar-refractivity contribution is 6.01. The first kappa shape index (κ1) is 14.3. The summed E-state index contributed by atoms with van der Waals surface area (Å²) in [4.78, 5) is 31.0. The molecule has 0 atom stereocenters. The average Bonchev–Trinajstić information content (AvgIpc) is 2.90. The molecule has 2 heterocycles. The van der Waals surface area contributed by atoms with Gasteiger partial charge in [-0.1, -0.05) is 19.9 Å². The van der Waals surface area contributed by atoms with Gasteiger partial charge in [-0.25, -0.2) is 9.78 Å². The lowest BCUT2D eigenvalue weighted by Crippen LogP contribution is -2.33. The molecule has 0 aromatic carbocycles. The van der Waals surface area contributed by atoms with Crippen LogP contribution in [0.3, 0.4) is 0 Å². The molecular weight excluding hydrogens is 256 g/mol. The lowest BCUT2D eigenvalue weighted by atomic mass is 10.2. The lowest BCUT2D eigenvalue weighted by molar-refractivity contribution is -0.125. The second kappa shape index (κ2) is 5.90. The molecule has 108 valence electrons. The molecule has 6 nitrogen and oxygen atoms in total. The molecule has 1 aromatic rings. The van der Waals surface area contributed by atoms with E-state index in [0.29, 0.717) is 12.5 Å². The van der Waals surface area contributed by atoms with Crippen molar-refractivity contribution < 1.29 is 9.59 Å². The third-order valence-corrected chi connectivity index (χ3v) is 3.14. The molecular formula is C14H20N4O2. The van der Waals surface area contributed by atoms with Gasteiger partial charge in [-0.15, -0.1) is 6.58 Å². The van der Waals surface area contributed by atoms with E-state index in [-0.39, 0.29) is 25.0 Å². The van der Waals surface area contributed by atoms with Crippen LogP contribution in [0, 0.1) is 5.92 Å². The predicted octanol–water partition coefficient (Wildman–Crippen LogP) is 1.49. The van der Waals surface area contributed by atoms with Gasteiger partial charge in [0.1, 0.15) is 12.4 Å².